The Morgan fingerprint density at radius 3 is 1.84 bits per heavy atom. The molecule has 2 aliphatic rings. The van der Waals surface area contributed by atoms with Crippen LogP contribution >= 0.6 is 0 Å². The van der Waals surface area contributed by atoms with Crippen LogP contribution in [0.3, 0.4) is 0 Å². The number of benzene rings is 3. The van der Waals surface area contributed by atoms with Crippen molar-refractivity contribution in [3.05, 3.63) is 101 Å². The van der Waals surface area contributed by atoms with Gasteiger partial charge in [-0.3, -0.25) is 43.2 Å². The van der Waals surface area contributed by atoms with Gasteiger partial charge in [0.15, 0.2) is 11.6 Å². The number of rotatable bonds is 23. The highest BCUT2D eigenvalue weighted by atomic mass is 19.4. The van der Waals surface area contributed by atoms with Gasteiger partial charge in [0, 0.05) is 48.4 Å². The van der Waals surface area contributed by atoms with Crippen molar-refractivity contribution in [3.8, 4) is 0 Å². The molecule has 1 aliphatic heterocycles. The van der Waals surface area contributed by atoms with E-state index in [-0.39, 0.29) is 55.1 Å². The third kappa shape index (κ3) is 17.7. The van der Waals surface area contributed by atoms with Crippen LogP contribution in [0.4, 0.5) is 18.9 Å². The molecule has 5 rings (SSSR count). The van der Waals surface area contributed by atoms with Gasteiger partial charge < -0.3 is 53.0 Å². The minimum Gasteiger partial charge on any atom is -0.475 e. The van der Waals surface area contributed by atoms with Crippen molar-refractivity contribution in [2.45, 2.75) is 122 Å². The van der Waals surface area contributed by atoms with Gasteiger partial charge in [-0.05, 0) is 69.4 Å². The maximum absolute atomic E-state index is 14.4. The molecule has 0 aromatic heterocycles. The molecule has 3 aromatic carbocycles. The van der Waals surface area contributed by atoms with Crippen LogP contribution in [0.2, 0.25) is 0 Å². The third-order valence-electron chi connectivity index (χ3n) is 12.2. The number of fused-ring (bicyclic) bond motifs is 2. The van der Waals surface area contributed by atoms with Crippen LogP contribution in [-0.4, -0.2) is 137 Å². The van der Waals surface area contributed by atoms with Crippen LogP contribution in [0, 0.1) is 11.8 Å². The van der Waals surface area contributed by atoms with E-state index < -0.39 is 90.4 Å². The van der Waals surface area contributed by atoms with Crippen molar-refractivity contribution in [1.29, 1.82) is 0 Å². The van der Waals surface area contributed by atoms with Crippen molar-refractivity contribution >= 4 is 64.6 Å². The maximum atomic E-state index is 14.4. The van der Waals surface area contributed by atoms with E-state index in [1.54, 1.807) is 66.7 Å². The van der Waals surface area contributed by atoms with Gasteiger partial charge in [-0.1, -0.05) is 94.4 Å². The van der Waals surface area contributed by atoms with E-state index in [0.717, 1.165) is 5.56 Å². The zero-order valence-electron chi connectivity index (χ0n) is 43.3. The predicted octanol–water partition coefficient (Wildman–Crippen LogP) is 2.76. The molecule has 3 aromatic rings. The molecule has 1 fully saturated rings. The van der Waals surface area contributed by atoms with Crippen LogP contribution in [0.15, 0.2) is 72.8 Å². The van der Waals surface area contributed by atoms with Crippen LogP contribution in [-0.2, 0) is 44.8 Å². The zero-order valence-corrected chi connectivity index (χ0v) is 43.3. The van der Waals surface area contributed by atoms with E-state index in [9.17, 15) is 56.3 Å². The summed E-state index contributed by atoms with van der Waals surface area (Å²) in [7, 11) is 0. The highest BCUT2D eigenvalue weighted by Gasteiger charge is 2.40. The second-order valence-corrected chi connectivity index (χ2v) is 19.4. The Bertz CT molecular complexity index is 2590. The monoisotopic (exact) mass is 1060 g/mol. The highest BCUT2D eigenvalue weighted by molar-refractivity contribution is 6.30. The summed E-state index contributed by atoms with van der Waals surface area (Å²) in [4.78, 5) is 131. The van der Waals surface area contributed by atoms with E-state index >= 15 is 0 Å². The quantitative estimate of drug-likeness (QED) is 0.0484. The molecule has 1 heterocycles. The summed E-state index contributed by atoms with van der Waals surface area (Å²) in [6.45, 7) is 10.9. The molecule has 1 saturated heterocycles. The largest absolute Gasteiger partial charge is 0.490 e. The molecule has 23 heteroatoms. The first-order chi connectivity index (χ1) is 35.8. The van der Waals surface area contributed by atoms with E-state index in [1.165, 1.54) is 18.7 Å². The number of carbonyl (C=O) groups is 10. The summed E-state index contributed by atoms with van der Waals surface area (Å²) in [6, 6.07) is 15.0. The van der Waals surface area contributed by atoms with Crippen molar-refractivity contribution in [2.75, 3.05) is 31.5 Å². The second-order valence-electron chi connectivity index (χ2n) is 19.4. The Hall–Kier alpha value is -7.69. The molecule has 0 radical (unpaired) electrons. The van der Waals surface area contributed by atoms with Gasteiger partial charge >= 0.3 is 12.1 Å². The number of nitrogens with one attached hydrogen (secondary N) is 7. The number of carboxylic acid groups (broad SMARTS) is 1. The van der Waals surface area contributed by atoms with Crippen LogP contribution in [0.25, 0.3) is 0 Å². The van der Waals surface area contributed by atoms with Gasteiger partial charge in [0.2, 0.25) is 41.4 Å². The number of halogens is 3. The van der Waals surface area contributed by atoms with E-state index in [4.69, 9.17) is 15.6 Å². The normalized spacial score (nSPS) is 15.8. The number of nitrogens with two attached hydrogens (primary N) is 1. The maximum Gasteiger partial charge on any atom is 0.490 e. The molecule has 0 spiro atoms. The molecule has 0 saturated carbocycles. The van der Waals surface area contributed by atoms with Crippen molar-refractivity contribution < 1.29 is 66.2 Å². The van der Waals surface area contributed by atoms with Gasteiger partial charge in [-0.15, -0.1) is 0 Å². The molecule has 7 amide bonds. The minimum absolute atomic E-state index is 0.0446. The summed E-state index contributed by atoms with van der Waals surface area (Å²) in [5.74, 6) is -7.19. The van der Waals surface area contributed by atoms with E-state index in [2.05, 4.69) is 37.2 Å². The van der Waals surface area contributed by atoms with E-state index in [0.29, 0.717) is 60.3 Å². The fourth-order valence-corrected chi connectivity index (χ4v) is 8.41. The molecule has 0 unspecified atom stereocenters. The SMILES string of the molecule is CC(C)C[C@H](NC(=O)CNC(=O)[C@H](C)NC(=O)[C@H](C)N)C(=O)N[C@@H](Cc1ccccc1)C(=O)N[C@@H](CC(C)C)C(=O)N1CCC[C@H]1C(=O)NCCCNc1cccc2c1C(=O)c1ccccc1C2=O.O=C(O)C(F)(F)F. The smallest absolute Gasteiger partial charge is 0.475 e. The summed E-state index contributed by atoms with van der Waals surface area (Å²) >= 11 is 0. The predicted molar refractivity (Wildman–Crippen MR) is 273 cm³/mol. The standard InChI is InChI=1S/C51H67N9O9.C2HF3O2/c1-29(2)25-38(57-42(61)28-55-47(65)32(6)56-46(64)31(5)52)48(66)58-39(27-33-15-8-7-9-16-33)49(67)59-40(26-30(3)4)51(69)60-24-13-21-41(60)50(68)54-23-14-22-53-37-20-12-19-36-43(37)45(63)35-18-11-10-17-34(35)44(36)62;3-2(4,5)1(6)7/h7-12,15-20,29-32,38-41,53H,13-14,21-28,52H2,1-6H3,(H,54,68)(H,55,65)(H,56,64)(H,57,61)(H,58,66)(H,59,67);(H,6,7)/t31-,32-,38-,39-,40-,41-;/m0./s1. The Kier molecular flexibility index (Phi) is 22.6. The number of amides is 7. The van der Waals surface area contributed by atoms with Gasteiger partial charge in [-0.25, -0.2) is 4.79 Å². The minimum atomic E-state index is -5.08. The first kappa shape index (κ1) is 60.9. The number of ketones is 2. The Balaban J connectivity index is 0.00000166. The summed E-state index contributed by atoms with van der Waals surface area (Å²) in [5, 5.41) is 26.6. The summed E-state index contributed by atoms with van der Waals surface area (Å²) < 4.78 is 31.7. The van der Waals surface area contributed by atoms with Gasteiger partial charge in [0.1, 0.15) is 30.2 Å². The average Bonchev–Trinajstić information content (AvgIpc) is 3.86. The van der Waals surface area contributed by atoms with Gasteiger partial charge in [0.05, 0.1) is 18.2 Å². The average molecular weight is 1060 g/mol. The summed E-state index contributed by atoms with van der Waals surface area (Å²) in [5.41, 5.74) is 8.21. The number of likely N-dealkylation sites (tertiary alicyclic amines) is 1. The number of carbonyl (C=O) groups excluding carboxylic acids is 9. The number of alkyl halides is 3. The Labute approximate surface area is 438 Å². The van der Waals surface area contributed by atoms with Crippen molar-refractivity contribution in [2.24, 2.45) is 17.6 Å². The first-order valence-electron chi connectivity index (χ1n) is 25.0. The second kappa shape index (κ2) is 28.3. The third-order valence-corrected chi connectivity index (χ3v) is 12.2. The lowest BCUT2D eigenvalue weighted by molar-refractivity contribution is -0.192. The molecule has 10 N–H and O–H groups in total. The lowest BCUT2D eigenvalue weighted by Gasteiger charge is -2.31. The lowest BCUT2D eigenvalue weighted by atomic mass is 9.83. The molecular formula is C53H68F3N9O11. The summed E-state index contributed by atoms with van der Waals surface area (Å²) in [6.07, 6.45) is -3.10. The zero-order chi connectivity index (χ0) is 56.4. The number of carboxylic acids is 1. The number of nitrogens with zero attached hydrogens (tertiary/aromatic N) is 1. The number of hydrogen-bond acceptors (Lipinski definition) is 12. The number of hydrogen-bond donors (Lipinski definition) is 9. The topological polar surface area (TPSA) is 304 Å². The lowest BCUT2D eigenvalue weighted by Crippen LogP contribution is -2.59. The Morgan fingerprint density at radius 1 is 0.671 bits per heavy atom. The molecule has 1 aliphatic carbocycles. The molecule has 76 heavy (non-hydrogen) atoms. The molecule has 6 atom stereocenters. The van der Waals surface area contributed by atoms with Crippen LogP contribution in [0.1, 0.15) is 111 Å². The number of aliphatic carboxylic acids is 1. The van der Waals surface area contributed by atoms with Gasteiger partial charge in [0.25, 0.3) is 0 Å². The first-order valence-corrected chi connectivity index (χ1v) is 25.0. The van der Waals surface area contributed by atoms with E-state index in [1.807, 2.05) is 33.8 Å². The van der Waals surface area contributed by atoms with Crippen LogP contribution in [0.5, 0.6) is 0 Å². The molecule has 20 nitrogen and oxygen atoms in total. The van der Waals surface area contributed by atoms with Crippen molar-refractivity contribution in [1.82, 2.24) is 36.8 Å². The Morgan fingerprint density at radius 2 is 1.24 bits per heavy atom. The molecule has 412 valence electrons. The molecular weight excluding hydrogens is 996 g/mol. The fraction of sp³-hybridized carbons (Fsp3) is 0.472. The highest BCUT2D eigenvalue weighted by Crippen LogP contribution is 2.32. The van der Waals surface area contributed by atoms with Crippen LogP contribution < -0.4 is 43.0 Å². The fourth-order valence-electron chi connectivity index (χ4n) is 8.41. The molecule has 0 bridgehead atoms. The number of anilines is 1. The van der Waals surface area contributed by atoms with Crippen molar-refractivity contribution in [3.63, 3.8) is 0 Å². The van der Waals surface area contributed by atoms with Gasteiger partial charge in [-0.2, -0.15) is 13.2 Å².